The molecule has 0 aliphatic heterocycles. The Morgan fingerprint density at radius 3 is 2.51 bits per heavy atom. The van der Waals surface area contributed by atoms with E-state index in [2.05, 4.69) is 40.9 Å². The lowest BCUT2D eigenvalue weighted by Gasteiger charge is -2.14. The number of nitrogens with one attached hydrogen (secondary N) is 3. The number of urea groups is 1. The molecule has 2 amide bonds. The molecule has 39 heavy (non-hydrogen) atoms. The monoisotopic (exact) mass is 521 g/mol. The molecule has 0 aliphatic rings. The molecule has 5 rings (SSSR count). The van der Waals surface area contributed by atoms with E-state index in [0.717, 1.165) is 10.9 Å². The Hall–Kier alpha value is -5.19. The van der Waals surface area contributed by atoms with E-state index in [9.17, 15) is 9.59 Å². The van der Waals surface area contributed by atoms with Gasteiger partial charge in [-0.05, 0) is 35.9 Å². The van der Waals surface area contributed by atoms with Crippen LogP contribution >= 0.6 is 0 Å². The van der Waals surface area contributed by atoms with Crippen LogP contribution in [0.4, 0.5) is 22.1 Å². The van der Waals surface area contributed by atoms with Crippen molar-refractivity contribution >= 4 is 34.4 Å². The molecule has 0 aliphatic carbocycles. The van der Waals surface area contributed by atoms with E-state index >= 15 is 0 Å². The van der Waals surface area contributed by atoms with E-state index in [-0.39, 0.29) is 11.5 Å². The quantitative estimate of drug-likeness (QED) is 0.293. The molecule has 4 heterocycles. The molecule has 0 bridgehead atoms. The van der Waals surface area contributed by atoms with Crippen molar-refractivity contribution in [2.24, 2.45) is 7.05 Å². The minimum Gasteiger partial charge on any atom is -0.357 e. The Morgan fingerprint density at radius 2 is 1.77 bits per heavy atom. The van der Waals surface area contributed by atoms with Gasteiger partial charge in [-0.2, -0.15) is 4.98 Å². The summed E-state index contributed by atoms with van der Waals surface area (Å²) in [6.45, 7) is 4.01. The molecule has 4 aromatic heterocycles. The summed E-state index contributed by atoms with van der Waals surface area (Å²) in [7, 11) is 3.39. The minimum absolute atomic E-state index is 0.116. The second kappa shape index (κ2) is 10.7. The summed E-state index contributed by atoms with van der Waals surface area (Å²) in [5.74, 6) is 1.21. The fourth-order valence-electron chi connectivity index (χ4n) is 4.11. The molecular weight excluding hydrogens is 494 g/mol. The fraction of sp³-hybridized carbons (Fsp3) is 0.179. The molecule has 0 fully saturated rings. The smallest absolute Gasteiger partial charge is 0.323 e. The van der Waals surface area contributed by atoms with Crippen molar-refractivity contribution in [3.8, 4) is 22.4 Å². The third-order valence-electron chi connectivity index (χ3n) is 6.11. The Morgan fingerprint density at radius 1 is 0.949 bits per heavy atom. The number of pyridine rings is 2. The van der Waals surface area contributed by atoms with Crippen LogP contribution < -0.4 is 21.5 Å². The maximum atomic E-state index is 13.2. The van der Waals surface area contributed by atoms with E-state index in [1.807, 2.05) is 32.0 Å². The molecule has 0 spiro atoms. The number of carbonyl (C=O) groups excluding carboxylic acids is 1. The van der Waals surface area contributed by atoms with Gasteiger partial charge in [0.1, 0.15) is 11.5 Å². The molecule has 0 atom stereocenters. The lowest BCUT2D eigenvalue weighted by Crippen LogP contribution is -2.21. The molecular formula is C28H27N9O2. The first kappa shape index (κ1) is 25.5. The van der Waals surface area contributed by atoms with Crippen LogP contribution in [0.5, 0.6) is 0 Å². The summed E-state index contributed by atoms with van der Waals surface area (Å²) in [6, 6.07) is 12.0. The zero-order valence-electron chi connectivity index (χ0n) is 21.9. The van der Waals surface area contributed by atoms with Gasteiger partial charge in [-0.15, -0.1) is 0 Å². The van der Waals surface area contributed by atoms with Crippen LogP contribution in [0.3, 0.4) is 0 Å². The third-order valence-corrected chi connectivity index (χ3v) is 6.11. The van der Waals surface area contributed by atoms with Gasteiger partial charge in [0.15, 0.2) is 0 Å². The van der Waals surface area contributed by atoms with Crippen molar-refractivity contribution in [1.29, 1.82) is 0 Å². The zero-order valence-corrected chi connectivity index (χ0v) is 21.9. The molecule has 0 saturated heterocycles. The second-order valence-corrected chi connectivity index (χ2v) is 9.19. The average Bonchev–Trinajstić information content (AvgIpc) is 2.95. The van der Waals surface area contributed by atoms with Gasteiger partial charge in [-0.1, -0.05) is 26.0 Å². The summed E-state index contributed by atoms with van der Waals surface area (Å²) >= 11 is 0. The van der Waals surface area contributed by atoms with E-state index in [4.69, 9.17) is 0 Å². The van der Waals surface area contributed by atoms with Crippen LogP contribution in [0.1, 0.15) is 25.6 Å². The van der Waals surface area contributed by atoms with Crippen molar-refractivity contribution < 1.29 is 4.79 Å². The van der Waals surface area contributed by atoms with Gasteiger partial charge in [0.25, 0.3) is 5.56 Å². The van der Waals surface area contributed by atoms with Crippen LogP contribution in [0, 0.1) is 0 Å². The Bertz CT molecular complexity index is 1730. The number of rotatable bonds is 6. The van der Waals surface area contributed by atoms with Gasteiger partial charge in [0, 0.05) is 60.8 Å². The summed E-state index contributed by atoms with van der Waals surface area (Å²) in [5.41, 5.74) is 3.72. The number of nitrogens with zero attached hydrogens (tertiary/aromatic N) is 6. The molecule has 11 nitrogen and oxygen atoms in total. The second-order valence-electron chi connectivity index (χ2n) is 9.19. The van der Waals surface area contributed by atoms with Crippen LogP contribution in [-0.2, 0) is 7.05 Å². The predicted molar refractivity (Wildman–Crippen MR) is 152 cm³/mol. The summed E-state index contributed by atoms with van der Waals surface area (Å²) in [4.78, 5) is 48.1. The van der Waals surface area contributed by atoms with Crippen molar-refractivity contribution in [2.45, 2.75) is 19.8 Å². The number of amides is 2. The van der Waals surface area contributed by atoms with Crippen LogP contribution in [0.2, 0.25) is 0 Å². The molecule has 11 heteroatoms. The molecule has 5 aromatic rings. The number of anilines is 3. The Kier molecular flexibility index (Phi) is 6.96. The SMILES string of the molecule is CNc1ncc2cc(-c3cccc(NC(=O)Nc4cnc(C(C)C)nc4-c4cccnc4)c3)c(=O)n(C)c2n1. The number of hydrogen-bond donors (Lipinski definition) is 3. The highest BCUT2D eigenvalue weighted by Gasteiger charge is 2.16. The van der Waals surface area contributed by atoms with Crippen molar-refractivity contribution in [1.82, 2.24) is 29.5 Å². The zero-order chi connectivity index (χ0) is 27.5. The predicted octanol–water partition coefficient (Wildman–Crippen LogP) is 4.66. The van der Waals surface area contributed by atoms with Gasteiger partial charge < -0.3 is 16.0 Å². The van der Waals surface area contributed by atoms with Crippen molar-refractivity contribution in [3.05, 3.63) is 83.4 Å². The van der Waals surface area contributed by atoms with Crippen LogP contribution in [0.25, 0.3) is 33.4 Å². The number of benzene rings is 1. The molecule has 0 radical (unpaired) electrons. The number of carbonyl (C=O) groups is 1. The van der Waals surface area contributed by atoms with Gasteiger partial charge >= 0.3 is 6.03 Å². The molecule has 196 valence electrons. The van der Waals surface area contributed by atoms with Gasteiger partial charge in [-0.25, -0.2) is 19.7 Å². The van der Waals surface area contributed by atoms with Gasteiger partial charge in [0.2, 0.25) is 5.95 Å². The number of fused-ring (bicyclic) bond motifs is 1. The first-order valence-corrected chi connectivity index (χ1v) is 12.3. The van der Waals surface area contributed by atoms with Crippen LogP contribution in [-0.4, -0.2) is 42.6 Å². The van der Waals surface area contributed by atoms with E-state index in [1.54, 1.807) is 63.1 Å². The van der Waals surface area contributed by atoms with Crippen molar-refractivity contribution in [2.75, 3.05) is 23.0 Å². The maximum Gasteiger partial charge on any atom is 0.323 e. The fourth-order valence-corrected chi connectivity index (χ4v) is 4.11. The van der Waals surface area contributed by atoms with Gasteiger partial charge in [-0.3, -0.25) is 14.3 Å². The summed E-state index contributed by atoms with van der Waals surface area (Å²) < 4.78 is 1.49. The molecule has 1 aromatic carbocycles. The standard InChI is InChI=1S/C28H27N9O2/c1-16(2)24-31-15-22(23(35-24)18-8-6-10-30-13-18)34-28(39)33-20-9-5-7-17(11-20)21-12-19-14-32-27(29-3)36-25(19)37(4)26(21)38/h5-16H,1-4H3,(H,29,32,36)(H2,33,34,39). The normalized spacial score (nSPS) is 11.0. The number of aromatic nitrogens is 6. The summed E-state index contributed by atoms with van der Waals surface area (Å²) in [5, 5.41) is 9.29. The highest BCUT2D eigenvalue weighted by Crippen LogP contribution is 2.27. The highest BCUT2D eigenvalue weighted by atomic mass is 16.2. The van der Waals surface area contributed by atoms with E-state index in [1.165, 1.54) is 4.57 Å². The highest BCUT2D eigenvalue weighted by molar-refractivity contribution is 6.02. The first-order chi connectivity index (χ1) is 18.8. The Labute approximate surface area is 224 Å². The lowest BCUT2D eigenvalue weighted by atomic mass is 10.1. The first-order valence-electron chi connectivity index (χ1n) is 12.3. The van der Waals surface area contributed by atoms with Crippen molar-refractivity contribution in [3.63, 3.8) is 0 Å². The topological polar surface area (TPSA) is 140 Å². The maximum absolute atomic E-state index is 13.2. The lowest BCUT2D eigenvalue weighted by molar-refractivity contribution is 0.262. The average molecular weight is 522 g/mol. The summed E-state index contributed by atoms with van der Waals surface area (Å²) in [6.07, 6.45) is 6.63. The molecule has 0 saturated carbocycles. The molecule has 3 N–H and O–H groups in total. The third kappa shape index (κ3) is 5.28. The van der Waals surface area contributed by atoms with Gasteiger partial charge in [0.05, 0.1) is 17.6 Å². The molecule has 0 unspecified atom stereocenters. The number of aryl methyl sites for hydroxylation is 1. The van der Waals surface area contributed by atoms with E-state index in [0.29, 0.717) is 45.6 Å². The van der Waals surface area contributed by atoms with Crippen LogP contribution in [0.15, 0.2) is 72.0 Å². The minimum atomic E-state index is -0.474. The Balaban J connectivity index is 1.42. The van der Waals surface area contributed by atoms with E-state index < -0.39 is 6.03 Å². The number of hydrogen-bond acceptors (Lipinski definition) is 8. The largest absolute Gasteiger partial charge is 0.357 e.